The van der Waals surface area contributed by atoms with E-state index in [1.165, 1.54) is 0 Å². The smallest absolute Gasteiger partial charge is 0.326 e. The lowest BCUT2D eigenvalue weighted by molar-refractivity contribution is -0.143. The maximum Gasteiger partial charge on any atom is 0.326 e. The SMILES string of the molecule is CC[C@H](C)[C@H](NC(=O)C[C@H](O)[C@H](Cc1ccccc1)NC(=O)[C@@H](NC(=O)C(CC)(CC)CC)C(C)C)C(=O)N[C@H](C(=O)O)C(C)C. The maximum atomic E-state index is 13.7. The number of aliphatic hydroxyl groups is 1. The molecule has 0 fully saturated rings. The molecule has 4 amide bonds. The molecule has 0 unspecified atom stereocenters. The summed E-state index contributed by atoms with van der Waals surface area (Å²) in [6.45, 7) is 16.5. The molecule has 0 aromatic heterocycles. The number of rotatable bonds is 20. The third-order valence-corrected chi connectivity index (χ3v) is 9.28. The van der Waals surface area contributed by atoms with Crippen LogP contribution in [0.2, 0.25) is 0 Å². The van der Waals surface area contributed by atoms with Crippen molar-refractivity contribution in [1.82, 2.24) is 21.3 Å². The zero-order chi connectivity index (χ0) is 35.2. The zero-order valence-electron chi connectivity index (χ0n) is 29.2. The molecule has 1 aromatic rings. The predicted molar refractivity (Wildman–Crippen MR) is 179 cm³/mol. The number of hydrogen-bond donors (Lipinski definition) is 6. The Labute approximate surface area is 275 Å². The van der Waals surface area contributed by atoms with Crippen molar-refractivity contribution in [3.05, 3.63) is 35.9 Å². The molecule has 46 heavy (non-hydrogen) atoms. The van der Waals surface area contributed by atoms with Crippen molar-refractivity contribution in [2.24, 2.45) is 23.2 Å². The highest BCUT2D eigenvalue weighted by Crippen LogP contribution is 2.31. The average molecular weight is 647 g/mol. The lowest BCUT2D eigenvalue weighted by Gasteiger charge is -2.33. The predicted octanol–water partition coefficient (Wildman–Crippen LogP) is 3.58. The van der Waals surface area contributed by atoms with E-state index in [4.69, 9.17) is 0 Å². The van der Waals surface area contributed by atoms with Crippen LogP contribution in [0.15, 0.2) is 30.3 Å². The molecule has 0 bridgehead atoms. The number of nitrogens with one attached hydrogen (secondary N) is 4. The van der Waals surface area contributed by atoms with Gasteiger partial charge in [0.2, 0.25) is 23.6 Å². The van der Waals surface area contributed by atoms with Crippen molar-refractivity contribution < 1.29 is 34.2 Å². The lowest BCUT2D eigenvalue weighted by Crippen LogP contribution is -2.58. The van der Waals surface area contributed by atoms with E-state index in [0.717, 1.165) is 5.56 Å². The van der Waals surface area contributed by atoms with Gasteiger partial charge in [-0.2, -0.15) is 0 Å². The minimum absolute atomic E-state index is 0.189. The van der Waals surface area contributed by atoms with Crippen LogP contribution in [0.5, 0.6) is 0 Å². The second-order valence-electron chi connectivity index (χ2n) is 13.1. The van der Waals surface area contributed by atoms with Crippen LogP contribution in [0.3, 0.4) is 0 Å². The van der Waals surface area contributed by atoms with E-state index in [2.05, 4.69) is 21.3 Å². The van der Waals surface area contributed by atoms with E-state index < -0.39 is 65.8 Å². The summed E-state index contributed by atoms with van der Waals surface area (Å²) in [5, 5.41) is 31.9. The topological polar surface area (TPSA) is 174 Å². The van der Waals surface area contributed by atoms with Gasteiger partial charge in [0.05, 0.1) is 18.6 Å². The van der Waals surface area contributed by atoms with E-state index in [-0.39, 0.29) is 30.1 Å². The molecular formula is C35H58N4O7. The molecule has 1 rings (SSSR count). The van der Waals surface area contributed by atoms with Gasteiger partial charge in [0.1, 0.15) is 18.1 Å². The normalized spacial score (nSPS) is 15.7. The van der Waals surface area contributed by atoms with Gasteiger partial charge in [-0.3, -0.25) is 19.2 Å². The maximum absolute atomic E-state index is 13.7. The van der Waals surface area contributed by atoms with Crippen LogP contribution in [0.1, 0.15) is 100.0 Å². The van der Waals surface area contributed by atoms with Gasteiger partial charge in [-0.1, -0.05) is 99.1 Å². The van der Waals surface area contributed by atoms with Gasteiger partial charge in [-0.05, 0) is 49.0 Å². The van der Waals surface area contributed by atoms with Crippen molar-refractivity contribution in [3.63, 3.8) is 0 Å². The van der Waals surface area contributed by atoms with Crippen molar-refractivity contribution in [3.8, 4) is 0 Å². The molecule has 11 heteroatoms. The largest absolute Gasteiger partial charge is 0.480 e. The summed E-state index contributed by atoms with van der Waals surface area (Å²) in [4.78, 5) is 65.1. The summed E-state index contributed by atoms with van der Waals surface area (Å²) in [5.41, 5.74) is 0.233. The zero-order valence-corrected chi connectivity index (χ0v) is 29.2. The molecule has 0 saturated heterocycles. The summed E-state index contributed by atoms with van der Waals surface area (Å²) in [6, 6.07) is 5.31. The second kappa shape index (κ2) is 19.3. The summed E-state index contributed by atoms with van der Waals surface area (Å²) >= 11 is 0. The number of amides is 4. The fourth-order valence-corrected chi connectivity index (χ4v) is 5.51. The molecule has 11 nitrogen and oxygen atoms in total. The highest BCUT2D eigenvalue weighted by atomic mass is 16.4. The third kappa shape index (κ3) is 11.7. The molecule has 0 heterocycles. The summed E-state index contributed by atoms with van der Waals surface area (Å²) in [7, 11) is 0. The Balaban J connectivity index is 3.22. The highest BCUT2D eigenvalue weighted by Gasteiger charge is 2.37. The Kier molecular flexibility index (Phi) is 17.0. The minimum Gasteiger partial charge on any atom is -0.480 e. The first-order chi connectivity index (χ1) is 21.6. The Morgan fingerprint density at radius 1 is 0.717 bits per heavy atom. The quantitative estimate of drug-likeness (QED) is 0.126. The van der Waals surface area contributed by atoms with Gasteiger partial charge in [0.15, 0.2) is 0 Å². The highest BCUT2D eigenvalue weighted by molar-refractivity contribution is 5.91. The van der Waals surface area contributed by atoms with Crippen molar-refractivity contribution >= 4 is 29.6 Å². The molecule has 6 N–H and O–H groups in total. The summed E-state index contributed by atoms with van der Waals surface area (Å²) < 4.78 is 0. The van der Waals surface area contributed by atoms with Crippen molar-refractivity contribution in [1.29, 1.82) is 0 Å². The van der Waals surface area contributed by atoms with Gasteiger partial charge in [-0.15, -0.1) is 0 Å². The molecule has 260 valence electrons. The first-order valence-electron chi connectivity index (χ1n) is 16.7. The second-order valence-corrected chi connectivity index (χ2v) is 13.1. The number of aliphatic hydroxyl groups excluding tert-OH is 1. The Morgan fingerprint density at radius 2 is 1.24 bits per heavy atom. The summed E-state index contributed by atoms with van der Waals surface area (Å²) in [6.07, 6.45) is 0.884. The van der Waals surface area contributed by atoms with E-state index in [9.17, 15) is 34.2 Å². The fraction of sp³-hybridized carbons (Fsp3) is 0.686. The molecule has 0 aliphatic heterocycles. The average Bonchev–Trinajstić information content (AvgIpc) is 3.01. The Bertz CT molecular complexity index is 1130. The Morgan fingerprint density at radius 3 is 1.70 bits per heavy atom. The number of carbonyl (C=O) groups is 5. The number of benzene rings is 1. The molecule has 0 aliphatic rings. The lowest BCUT2D eigenvalue weighted by atomic mass is 9.78. The van der Waals surface area contributed by atoms with E-state index in [0.29, 0.717) is 25.7 Å². The van der Waals surface area contributed by atoms with Gasteiger partial charge < -0.3 is 31.5 Å². The molecule has 0 spiro atoms. The molecule has 0 aliphatic carbocycles. The summed E-state index contributed by atoms with van der Waals surface area (Å²) in [5.74, 6) is -4.01. The van der Waals surface area contributed by atoms with Crippen LogP contribution >= 0.6 is 0 Å². The number of carboxylic acid groups (broad SMARTS) is 1. The number of aliphatic carboxylic acids is 1. The first kappa shape index (κ1) is 40.6. The van der Waals surface area contributed by atoms with Crippen molar-refractivity contribution in [2.45, 2.75) is 131 Å². The number of hydrogen-bond acceptors (Lipinski definition) is 6. The fourth-order valence-electron chi connectivity index (χ4n) is 5.51. The molecule has 0 radical (unpaired) electrons. The molecule has 0 saturated carbocycles. The first-order valence-corrected chi connectivity index (χ1v) is 16.7. The monoisotopic (exact) mass is 646 g/mol. The standard InChI is InChI=1S/C35H58N4O7/c1-10-23(9)30(32(43)38-29(22(7)8)33(44)45)37-27(41)20-26(40)25(19-24-17-15-14-16-18-24)36-31(42)28(21(5)6)39-34(46)35(11-2,12-3)13-4/h14-18,21-23,25-26,28-30,40H,10-13,19-20H2,1-9H3,(H,36,42)(H,37,41)(H,38,43)(H,39,46)(H,44,45)/t23-,25-,26-,28-,29-,30-/m0/s1. The van der Waals surface area contributed by atoms with Crippen LogP contribution in [0, 0.1) is 23.2 Å². The van der Waals surface area contributed by atoms with Crippen LogP contribution in [0.4, 0.5) is 0 Å². The van der Waals surface area contributed by atoms with Gasteiger partial charge in [-0.25, -0.2) is 4.79 Å². The molecular weight excluding hydrogens is 588 g/mol. The third-order valence-electron chi connectivity index (χ3n) is 9.28. The number of carboxylic acids is 1. The van der Waals surface area contributed by atoms with E-state index in [1.807, 2.05) is 71.9 Å². The van der Waals surface area contributed by atoms with Crippen LogP contribution in [0.25, 0.3) is 0 Å². The van der Waals surface area contributed by atoms with E-state index >= 15 is 0 Å². The Hall–Kier alpha value is -3.47. The van der Waals surface area contributed by atoms with Gasteiger partial charge in [0, 0.05) is 5.41 Å². The van der Waals surface area contributed by atoms with Crippen molar-refractivity contribution in [2.75, 3.05) is 0 Å². The van der Waals surface area contributed by atoms with Gasteiger partial charge in [0.25, 0.3) is 0 Å². The molecule has 1 aromatic carbocycles. The van der Waals surface area contributed by atoms with Gasteiger partial charge >= 0.3 is 5.97 Å². The van der Waals surface area contributed by atoms with E-state index in [1.54, 1.807) is 20.8 Å². The molecule has 6 atom stereocenters. The minimum atomic E-state index is -1.34. The van der Waals surface area contributed by atoms with Crippen LogP contribution < -0.4 is 21.3 Å². The van der Waals surface area contributed by atoms with Crippen LogP contribution in [-0.2, 0) is 30.4 Å². The van der Waals surface area contributed by atoms with Crippen LogP contribution in [-0.4, -0.2) is 70.1 Å². The number of carbonyl (C=O) groups excluding carboxylic acids is 4.